The summed E-state index contributed by atoms with van der Waals surface area (Å²) >= 11 is 0. The van der Waals surface area contributed by atoms with Crippen LogP contribution in [0.4, 0.5) is 5.69 Å². The van der Waals surface area contributed by atoms with Gasteiger partial charge in [-0.2, -0.15) is 0 Å². The number of rotatable bonds is 5. The number of carbonyl (C=O) groups is 3. The van der Waals surface area contributed by atoms with Crippen LogP contribution in [0.3, 0.4) is 0 Å². The SMILES string of the molecule is CCOC(=O)C1=CC(c2ccccc2)C2(C(=O)N(C(C)=O)c3ccc(OC)cc32)C1c1ccccc1. The molecule has 6 heteroatoms. The maximum Gasteiger partial charge on any atom is 0.334 e. The molecule has 36 heavy (non-hydrogen) atoms. The number of allylic oxidation sites excluding steroid dienone is 1. The van der Waals surface area contributed by atoms with Gasteiger partial charge in [0, 0.05) is 24.3 Å². The normalized spacial score (nSPS) is 22.4. The molecule has 0 saturated heterocycles. The van der Waals surface area contributed by atoms with Crippen molar-refractivity contribution in [3.8, 4) is 5.75 Å². The van der Waals surface area contributed by atoms with Crippen molar-refractivity contribution in [1.29, 1.82) is 0 Å². The largest absolute Gasteiger partial charge is 0.497 e. The number of fused-ring (bicyclic) bond motifs is 2. The number of hydrogen-bond donors (Lipinski definition) is 0. The Bertz CT molecular complexity index is 1360. The molecule has 6 nitrogen and oxygen atoms in total. The third-order valence-corrected chi connectivity index (χ3v) is 7.17. The Labute approximate surface area is 210 Å². The zero-order chi connectivity index (χ0) is 25.4. The van der Waals surface area contributed by atoms with Gasteiger partial charge in [0.05, 0.1) is 24.8 Å². The van der Waals surface area contributed by atoms with Gasteiger partial charge in [-0.1, -0.05) is 66.7 Å². The molecule has 0 fully saturated rings. The summed E-state index contributed by atoms with van der Waals surface area (Å²) in [7, 11) is 1.56. The molecule has 5 rings (SSSR count). The van der Waals surface area contributed by atoms with Crippen LogP contribution in [0.15, 0.2) is 90.5 Å². The number of anilines is 1. The molecule has 1 heterocycles. The van der Waals surface area contributed by atoms with E-state index < -0.39 is 23.2 Å². The van der Waals surface area contributed by atoms with Gasteiger partial charge in [-0.3, -0.25) is 9.59 Å². The number of imide groups is 1. The number of ether oxygens (including phenoxy) is 2. The first kappa shape index (κ1) is 23.5. The summed E-state index contributed by atoms with van der Waals surface area (Å²) in [5, 5.41) is 0. The molecule has 0 radical (unpaired) electrons. The summed E-state index contributed by atoms with van der Waals surface area (Å²) in [6, 6.07) is 24.4. The van der Waals surface area contributed by atoms with Crippen LogP contribution in [-0.4, -0.2) is 31.5 Å². The van der Waals surface area contributed by atoms with Crippen molar-refractivity contribution in [2.45, 2.75) is 31.1 Å². The topological polar surface area (TPSA) is 72.9 Å². The molecule has 2 amide bonds. The number of hydrogen-bond acceptors (Lipinski definition) is 5. The Balaban J connectivity index is 1.89. The van der Waals surface area contributed by atoms with Crippen molar-refractivity contribution in [3.05, 3.63) is 107 Å². The third-order valence-electron chi connectivity index (χ3n) is 7.17. The molecule has 3 aromatic carbocycles. The average molecular weight is 482 g/mol. The van der Waals surface area contributed by atoms with Crippen molar-refractivity contribution in [1.82, 2.24) is 0 Å². The fourth-order valence-corrected chi connectivity index (χ4v) is 5.81. The molecular formula is C30H27NO5. The molecule has 1 aliphatic carbocycles. The molecule has 3 unspecified atom stereocenters. The predicted molar refractivity (Wildman–Crippen MR) is 136 cm³/mol. The number of benzene rings is 3. The van der Waals surface area contributed by atoms with Gasteiger partial charge in [0.1, 0.15) is 5.75 Å². The first-order valence-electron chi connectivity index (χ1n) is 12.0. The maximum atomic E-state index is 14.6. The molecule has 0 aromatic heterocycles. The van der Waals surface area contributed by atoms with E-state index >= 15 is 0 Å². The van der Waals surface area contributed by atoms with E-state index in [0.717, 1.165) is 11.1 Å². The standard InChI is InChI=1S/C30H27NO5/c1-4-36-28(33)23-18-24(20-11-7-5-8-12-20)30(27(23)21-13-9-6-10-14-21)25-17-22(35-3)15-16-26(25)31(19(2)32)29(30)34/h5-18,24,27H,4H2,1-3H3. The first-order chi connectivity index (χ1) is 17.4. The summed E-state index contributed by atoms with van der Waals surface area (Å²) in [5.41, 5.74) is 1.94. The minimum Gasteiger partial charge on any atom is -0.497 e. The summed E-state index contributed by atoms with van der Waals surface area (Å²) < 4.78 is 11.0. The fourth-order valence-electron chi connectivity index (χ4n) is 5.81. The zero-order valence-corrected chi connectivity index (χ0v) is 20.4. The van der Waals surface area contributed by atoms with E-state index in [-0.39, 0.29) is 18.4 Å². The van der Waals surface area contributed by atoms with Crippen molar-refractivity contribution in [2.75, 3.05) is 18.6 Å². The molecule has 0 N–H and O–H groups in total. The van der Waals surface area contributed by atoms with E-state index in [1.807, 2.05) is 72.8 Å². The van der Waals surface area contributed by atoms with Crippen molar-refractivity contribution >= 4 is 23.5 Å². The summed E-state index contributed by atoms with van der Waals surface area (Å²) in [5.74, 6) is -1.85. The monoisotopic (exact) mass is 481 g/mol. The van der Waals surface area contributed by atoms with E-state index in [0.29, 0.717) is 22.6 Å². The third kappa shape index (κ3) is 3.36. The molecule has 1 aliphatic heterocycles. The van der Waals surface area contributed by atoms with Crippen LogP contribution >= 0.6 is 0 Å². The van der Waals surface area contributed by atoms with Gasteiger partial charge in [-0.05, 0) is 41.8 Å². The van der Waals surface area contributed by atoms with E-state index in [1.165, 1.54) is 11.8 Å². The highest BCUT2D eigenvalue weighted by Crippen LogP contribution is 2.63. The van der Waals surface area contributed by atoms with Gasteiger partial charge in [-0.25, -0.2) is 9.69 Å². The van der Waals surface area contributed by atoms with Gasteiger partial charge < -0.3 is 9.47 Å². The van der Waals surface area contributed by atoms with E-state index in [4.69, 9.17) is 9.47 Å². The highest BCUT2D eigenvalue weighted by atomic mass is 16.5. The molecule has 0 saturated carbocycles. The minimum absolute atomic E-state index is 0.207. The number of methoxy groups -OCH3 is 1. The fraction of sp³-hybridized carbons (Fsp3) is 0.233. The predicted octanol–water partition coefficient (Wildman–Crippen LogP) is 4.90. The van der Waals surface area contributed by atoms with Crippen LogP contribution in [-0.2, 0) is 24.5 Å². The van der Waals surface area contributed by atoms with Crippen LogP contribution in [0.5, 0.6) is 5.75 Å². The average Bonchev–Trinajstić information content (AvgIpc) is 3.39. The summed E-state index contributed by atoms with van der Waals surface area (Å²) in [6.07, 6.45) is 1.86. The lowest BCUT2D eigenvalue weighted by atomic mass is 9.62. The van der Waals surface area contributed by atoms with Crippen LogP contribution in [0, 0.1) is 0 Å². The Hall–Kier alpha value is -4.19. The Morgan fingerprint density at radius 3 is 2.17 bits per heavy atom. The van der Waals surface area contributed by atoms with Gasteiger partial charge in [0.15, 0.2) is 0 Å². The summed E-state index contributed by atoms with van der Waals surface area (Å²) in [4.78, 5) is 42.1. The highest BCUT2D eigenvalue weighted by Gasteiger charge is 2.65. The van der Waals surface area contributed by atoms with Crippen LogP contribution in [0.25, 0.3) is 0 Å². The molecule has 1 spiro atoms. The lowest BCUT2D eigenvalue weighted by Crippen LogP contribution is -2.48. The smallest absolute Gasteiger partial charge is 0.334 e. The molecule has 182 valence electrons. The van der Waals surface area contributed by atoms with Crippen LogP contribution in [0.1, 0.15) is 42.4 Å². The van der Waals surface area contributed by atoms with Gasteiger partial charge >= 0.3 is 5.97 Å². The Morgan fingerprint density at radius 1 is 0.944 bits per heavy atom. The lowest BCUT2D eigenvalue weighted by molar-refractivity contribution is -0.138. The Morgan fingerprint density at radius 2 is 1.58 bits per heavy atom. The first-order valence-corrected chi connectivity index (χ1v) is 12.0. The van der Waals surface area contributed by atoms with Gasteiger partial charge in [0.25, 0.3) is 0 Å². The van der Waals surface area contributed by atoms with Crippen molar-refractivity contribution < 1.29 is 23.9 Å². The quantitative estimate of drug-likeness (QED) is 0.485. The number of esters is 1. The molecule has 0 bridgehead atoms. The van der Waals surface area contributed by atoms with Gasteiger partial charge in [-0.15, -0.1) is 0 Å². The number of nitrogens with zero attached hydrogens (tertiary/aromatic N) is 1. The second-order valence-electron chi connectivity index (χ2n) is 8.99. The maximum absolute atomic E-state index is 14.6. The lowest BCUT2D eigenvalue weighted by Gasteiger charge is -2.37. The summed E-state index contributed by atoms with van der Waals surface area (Å²) in [6.45, 7) is 3.35. The second kappa shape index (κ2) is 9.11. The molecule has 3 aromatic rings. The molecule has 2 aliphatic rings. The molecule has 3 atom stereocenters. The van der Waals surface area contributed by atoms with Crippen molar-refractivity contribution in [2.24, 2.45) is 0 Å². The van der Waals surface area contributed by atoms with Crippen LogP contribution < -0.4 is 9.64 Å². The minimum atomic E-state index is -1.29. The van der Waals surface area contributed by atoms with Gasteiger partial charge in [0.2, 0.25) is 11.8 Å². The Kier molecular flexibility index (Phi) is 5.96. The van der Waals surface area contributed by atoms with E-state index in [9.17, 15) is 14.4 Å². The number of carbonyl (C=O) groups excluding carboxylic acids is 3. The van der Waals surface area contributed by atoms with Crippen molar-refractivity contribution in [3.63, 3.8) is 0 Å². The van der Waals surface area contributed by atoms with E-state index in [2.05, 4.69) is 0 Å². The second-order valence-corrected chi connectivity index (χ2v) is 8.99. The zero-order valence-electron chi connectivity index (χ0n) is 20.4. The number of amides is 2. The van der Waals surface area contributed by atoms with Crippen LogP contribution in [0.2, 0.25) is 0 Å². The highest BCUT2D eigenvalue weighted by molar-refractivity contribution is 6.24. The molecular weight excluding hydrogens is 454 g/mol. The van der Waals surface area contributed by atoms with E-state index in [1.54, 1.807) is 26.2 Å².